The zero-order chi connectivity index (χ0) is 14.6. The lowest BCUT2D eigenvalue weighted by Gasteiger charge is -2.51. The van der Waals surface area contributed by atoms with Crippen molar-refractivity contribution in [3.63, 3.8) is 0 Å². The zero-order valence-corrected chi connectivity index (χ0v) is 12.5. The maximum atomic E-state index is 5.94. The van der Waals surface area contributed by atoms with Gasteiger partial charge in [-0.2, -0.15) is 0 Å². The van der Waals surface area contributed by atoms with E-state index in [1.807, 2.05) is 6.07 Å². The molecule has 5 heteroatoms. The van der Waals surface area contributed by atoms with Crippen molar-refractivity contribution < 1.29 is 9.15 Å². The van der Waals surface area contributed by atoms with E-state index in [0.29, 0.717) is 11.9 Å². The summed E-state index contributed by atoms with van der Waals surface area (Å²) >= 11 is 0. The Morgan fingerprint density at radius 3 is 2.82 bits per heavy atom. The predicted molar refractivity (Wildman–Crippen MR) is 81.2 cm³/mol. The molecule has 2 fully saturated rings. The Morgan fingerprint density at radius 2 is 2.00 bits per heavy atom. The number of hydrogen-bond donors (Lipinski definition) is 0. The number of aromatic nitrogens is 2. The molecule has 0 amide bonds. The molecule has 3 aliphatic rings. The minimum absolute atomic E-state index is 0.208. The smallest absolute Gasteiger partial charge is 0.318 e. The second-order valence-corrected chi connectivity index (χ2v) is 6.98. The van der Waals surface area contributed by atoms with Gasteiger partial charge in [-0.3, -0.25) is 0 Å². The molecule has 114 valence electrons. The number of ether oxygens (including phenoxy) is 1. The lowest BCUT2D eigenvalue weighted by atomic mass is 9.74. The highest BCUT2D eigenvalue weighted by Crippen LogP contribution is 2.43. The molecule has 22 heavy (non-hydrogen) atoms. The normalized spacial score (nSPS) is 22.6. The molecule has 1 aliphatic carbocycles. The van der Waals surface area contributed by atoms with Gasteiger partial charge in [0.15, 0.2) is 0 Å². The van der Waals surface area contributed by atoms with Gasteiger partial charge < -0.3 is 14.1 Å². The molecule has 0 bridgehead atoms. The molecule has 1 aromatic carbocycles. The van der Waals surface area contributed by atoms with E-state index in [1.165, 1.54) is 24.8 Å². The number of para-hydroxylation sites is 1. The van der Waals surface area contributed by atoms with Gasteiger partial charge in [-0.05, 0) is 30.9 Å². The first-order valence-electron chi connectivity index (χ1n) is 8.10. The van der Waals surface area contributed by atoms with Gasteiger partial charge in [0.2, 0.25) is 5.89 Å². The number of fused-ring (bicyclic) bond motifs is 1. The van der Waals surface area contributed by atoms with E-state index in [4.69, 9.17) is 9.15 Å². The SMILES string of the molecule is c1ccc2c(c1)CC1(CO2)CN(c2nnc(C3CCC3)o2)C1. The highest BCUT2D eigenvalue weighted by atomic mass is 16.5. The van der Waals surface area contributed by atoms with E-state index in [1.54, 1.807) is 0 Å². The Balaban J connectivity index is 1.29. The molecule has 1 saturated heterocycles. The van der Waals surface area contributed by atoms with Crippen LogP contribution in [0.25, 0.3) is 0 Å². The van der Waals surface area contributed by atoms with E-state index in [-0.39, 0.29) is 5.41 Å². The van der Waals surface area contributed by atoms with Gasteiger partial charge in [-0.1, -0.05) is 29.7 Å². The van der Waals surface area contributed by atoms with Gasteiger partial charge in [0.1, 0.15) is 5.75 Å². The summed E-state index contributed by atoms with van der Waals surface area (Å²) < 4.78 is 11.8. The zero-order valence-electron chi connectivity index (χ0n) is 12.5. The van der Waals surface area contributed by atoms with Gasteiger partial charge in [0.05, 0.1) is 6.61 Å². The molecule has 1 saturated carbocycles. The molecule has 2 aliphatic heterocycles. The number of anilines is 1. The van der Waals surface area contributed by atoms with Crippen LogP contribution in [0.1, 0.15) is 36.6 Å². The van der Waals surface area contributed by atoms with Crippen LogP contribution in [0, 0.1) is 5.41 Å². The Morgan fingerprint density at radius 1 is 1.14 bits per heavy atom. The summed E-state index contributed by atoms with van der Waals surface area (Å²) in [4.78, 5) is 2.19. The highest BCUT2D eigenvalue weighted by molar-refractivity contribution is 5.41. The van der Waals surface area contributed by atoms with Crippen LogP contribution in [0.5, 0.6) is 5.75 Å². The monoisotopic (exact) mass is 297 g/mol. The van der Waals surface area contributed by atoms with E-state index in [9.17, 15) is 0 Å². The maximum absolute atomic E-state index is 5.94. The van der Waals surface area contributed by atoms with Crippen LogP contribution in [-0.2, 0) is 6.42 Å². The molecular weight excluding hydrogens is 278 g/mol. The average molecular weight is 297 g/mol. The molecule has 0 atom stereocenters. The molecule has 1 spiro atoms. The third-order valence-corrected chi connectivity index (χ3v) is 5.28. The van der Waals surface area contributed by atoms with Gasteiger partial charge in [-0.15, -0.1) is 5.10 Å². The van der Waals surface area contributed by atoms with Crippen molar-refractivity contribution >= 4 is 6.01 Å². The molecule has 2 aromatic rings. The van der Waals surface area contributed by atoms with Gasteiger partial charge in [0, 0.05) is 24.4 Å². The van der Waals surface area contributed by atoms with Crippen molar-refractivity contribution in [2.45, 2.75) is 31.6 Å². The summed E-state index contributed by atoms with van der Waals surface area (Å²) in [5, 5.41) is 8.45. The minimum Gasteiger partial charge on any atom is -0.493 e. The van der Waals surface area contributed by atoms with Crippen LogP contribution in [0.4, 0.5) is 6.01 Å². The number of rotatable bonds is 2. The fraction of sp³-hybridized carbons (Fsp3) is 0.529. The van der Waals surface area contributed by atoms with Crippen molar-refractivity contribution in [2.75, 3.05) is 24.6 Å². The van der Waals surface area contributed by atoms with Crippen molar-refractivity contribution in [3.8, 4) is 5.75 Å². The van der Waals surface area contributed by atoms with Crippen LogP contribution in [0.2, 0.25) is 0 Å². The summed E-state index contributed by atoms with van der Waals surface area (Å²) in [6.07, 6.45) is 4.74. The Bertz CT molecular complexity index is 701. The minimum atomic E-state index is 0.208. The lowest BCUT2D eigenvalue weighted by Crippen LogP contribution is -2.61. The molecular formula is C17H19N3O2. The number of nitrogens with zero attached hydrogens (tertiary/aromatic N) is 3. The molecule has 0 N–H and O–H groups in total. The first-order valence-corrected chi connectivity index (χ1v) is 8.10. The molecule has 5 rings (SSSR count). The third-order valence-electron chi connectivity index (χ3n) is 5.28. The van der Waals surface area contributed by atoms with E-state index in [0.717, 1.165) is 37.8 Å². The summed E-state index contributed by atoms with van der Waals surface area (Å²) in [5.74, 6) is 2.37. The number of hydrogen-bond acceptors (Lipinski definition) is 5. The van der Waals surface area contributed by atoms with Gasteiger partial charge in [0.25, 0.3) is 0 Å². The van der Waals surface area contributed by atoms with Crippen LogP contribution in [0.3, 0.4) is 0 Å². The first-order chi connectivity index (χ1) is 10.8. The van der Waals surface area contributed by atoms with E-state index >= 15 is 0 Å². The lowest BCUT2D eigenvalue weighted by molar-refractivity contribution is 0.0838. The van der Waals surface area contributed by atoms with Crippen molar-refractivity contribution in [3.05, 3.63) is 35.7 Å². The van der Waals surface area contributed by atoms with Crippen molar-refractivity contribution in [2.24, 2.45) is 5.41 Å². The van der Waals surface area contributed by atoms with Crippen LogP contribution in [0.15, 0.2) is 28.7 Å². The molecule has 0 radical (unpaired) electrons. The summed E-state index contributed by atoms with van der Waals surface area (Å²) in [6.45, 7) is 2.66. The average Bonchev–Trinajstić information content (AvgIpc) is 2.91. The van der Waals surface area contributed by atoms with E-state index < -0.39 is 0 Å². The quantitative estimate of drug-likeness (QED) is 0.853. The molecule has 3 heterocycles. The topological polar surface area (TPSA) is 51.4 Å². The van der Waals surface area contributed by atoms with Gasteiger partial charge >= 0.3 is 6.01 Å². The Kier molecular flexibility index (Phi) is 2.54. The van der Waals surface area contributed by atoms with Crippen LogP contribution < -0.4 is 9.64 Å². The molecule has 0 unspecified atom stereocenters. The summed E-state index contributed by atoms with van der Waals surface area (Å²) in [7, 11) is 0. The molecule has 1 aromatic heterocycles. The second kappa shape index (κ2) is 4.48. The van der Waals surface area contributed by atoms with E-state index in [2.05, 4.69) is 33.3 Å². The fourth-order valence-electron chi connectivity index (χ4n) is 3.75. The van der Waals surface area contributed by atoms with Crippen molar-refractivity contribution in [1.82, 2.24) is 10.2 Å². The number of benzene rings is 1. The fourth-order valence-corrected chi connectivity index (χ4v) is 3.75. The Labute approximate surface area is 129 Å². The van der Waals surface area contributed by atoms with Crippen LogP contribution in [-0.4, -0.2) is 29.9 Å². The summed E-state index contributed by atoms with van der Waals surface area (Å²) in [6, 6.07) is 9.03. The molecule has 5 nitrogen and oxygen atoms in total. The van der Waals surface area contributed by atoms with Crippen molar-refractivity contribution in [1.29, 1.82) is 0 Å². The second-order valence-electron chi connectivity index (χ2n) is 6.98. The third kappa shape index (κ3) is 1.84. The van der Waals surface area contributed by atoms with Crippen LogP contribution >= 0.6 is 0 Å². The van der Waals surface area contributed by atoms with Gasteiger partial charge in [-0.25, -0.2) is 0 Å². The maximum Gasteiger partial charge on any atom is 0.318 e. The Hall–Kier alpha value is -2.04. The standard InChI is InChI=1S/C17H19N3O2/c1-2-7-14-13(4-1)8-17(11-21-14)9-20(10-17)16-19-18-15(22-16)12-5-3-6-12/h1-2,4,7,12H,3,5-6,8-11H2. The highest BCUT2D eigenvalue weighted by Gasteiger charge is 2.48. The summed E-state index contributed by atoms with van der Waals surface area (Å²) in [5.41, 5.74) is 1.52. The largest absolute Gasteiger partial charge is 0.493 e. The first kappa shape index (κ1) is 12.5. The predicted octanol–water partition coefficient (Wildman–Crippen LogP) is 2.78.